The topological polar surface area (TPSA) is 41.5 Å². The van der Waals surface area contributed by atoms with Crippen molar-refractivity contribution in [2.24, 2.45) is 5.92 Å². The molecule has 1 unspecified atom stereocenters. The van der Waals surface area contributed by atoms with Crippen LogP contribution in [-0.2, 0) is 0 Å². The summed E-state index contributed by atoms with van der Waals surface area (Å²) in [6.07, 6.45) is 6.26. The molecule has 0 saturated heterocycles. The van der Waals surface area contributed by atoms with Crippen molar-refractivity contribution >= 4 is 11.6 Å². The summed E-state index contributed by atoms with van der Waals surface area (Å²) in [5, 5.41) is 13.9. The van der Waals surface area contributed by atoms with Gasteiger partial charge in [0.1, 0.15) is 18.5 Å². The van der Waals surface area contributed by atoms with E-state index in [1.165, 1.54) is 32.1 Å². The van der Waals surface area contributed by atoms with Crippen LogP contribution in [0.3, 0.4) is 0 Å². The highest BCUT2D eigenvalue weighted by atomic mass is 35.5. The van der Waals surface area contributed by atoms with Gasteiger partial charge in [-0.3, -0.25) is 0 Å². The molecule has 2 rings (SSSR count). The Balaban J connectivity index is 1.57. The summed E-state index contributed by atoms with van der Waals surface area (Å²) in [4.78, 5) is 0. The Bertz CT molecular complexity index is 377. The molecular formula is C16H24ClNO2. The Hall–Kier alpha value is -0.770. The van der Waals surface area contributed by atoms with Crippen LogP contribution in [0.1, 0.15) is 32.1 Å². The van der Waals surface area contributed by atoms with E-state index in [1.807, 2.05) is 12.1 Å². The number of benzene rings is 1. The van der Waals surface area contributed by atoms with Gasteiger partial charge in [-0.1, -0.05) is 30.9 Å². The van der Waals surface area contributed by atoms with Crippen molar-refractivity contribution in [3.8, 4) is 5.75 Å². The van der Waals surface area contributed by atoms with E-state index in [0.29, 0.717) is 18.2 Å². The SMILES string of the molecule is OC(CNCC1CCCCC1)COc1ccc(Cl)cc1. The van der Waals surface area contributed by atoms with Gasteiger partial charge in [-0.05, 0) is 49.6 Å². The number of aliphatic hydroxyl groups excluding tert-OH is 1. The van der Waals surface area contributed by atoms with E-state index in [9.17, 15) is 5.11 Å². The van der Waals surface area contributed by atoms with Crippen molar-refractivity contribution in [1.29, 1.82) is 0 Å². The van der Waals surface area contributed by atoms with Crippen molar-refractivity contribution < 1.29 is 9.84 Å². The van der Waals surface area contributed by atoms with Crippen LogP contribution in [0.5, 0.6) is 5.75 Å². The fourth-order valence-electron chi connectivity index (χ4n) is 2.63. The summed E-state index contributed by atoms with van der Waals surface area (Å²) in [6, 6.07) is 7.18. The summed E-state index contributed by atoms with van der Waals surface area (Å²) in [6.45, 7) is 1.90. The highest BCUT2D eigenvalue weighted by Crippen LogP contribution is 2.22. The largest absolute Gasteiger partial charge is 0.491 e. The smallest absolute Gasteiger partial charge is 0.119 e. The molecule has 3 nitrogen and oxygen atoms in total. The van der Waals surface area contributed by atoms with Crippen molar-refractivity contribution in [2.45, 2.75) is 38.2 Å². The summed E-state index contributed by atoms with van der Waals surface area (Å²) in [5.41, 5.74) is 0. The molecule has 0 heterocycles. The van der Waals surface area contributed by atoms with Crippen LogP contribution in [0, 0.1) is 5.92 Å². The summed E-state index contributed by atoms with van der Waals surface area (Å²) in [5.74, 6) is 1.52. The highest BCUT2D eigenvalue weighted by Gasteiger charge is 2.13. The number of rotatable bonds is 7. The number of hydrogen-bond donors (Lipinski definition) is 2. The minimum absolute atomic E-state index is 0.305. The standard InChI is InChI=1S/C16H24ClNO2/c17-14-6-8-16(9-7-14)20-12-15(19)11-18-10-13-4-2-1-3-5-13/h6-9,13,15,18-19H,1-5,10-12H2. The minimum atomic E-state index is -0.478. The van der Waals surface area contributed by atoms with Crippen molar-refractivity contribution in [3.63, 3.8) is 0 Å². The minimum Gasteiger partial charge on any atom is -0.491 e. The van der Waals surface area contributed by atoms with Gasteiger partial charge in [-0.2, -0.15) is 0 Å². The first-order valence-electron chi connectivity index (χ1n) is 7.51. The van der Waals surface area contributed by atoms with Gasteiger partial charge in [0, 0.05) is 11.6 Å². The Morgan fingerprint density at radius 1 is 1.20 bits per heavy atom. The Morgan fingerprint density at radius 2 is 1.90 bits per heavy atom. The molecule has 1 atom stereocenters. The second-order valence-corrected chi connectivity index (χ2v) is 6.02. The van der Waals surface area contributed by atoms with E-state index in [1.54, 1.807) is 12.1 Å². The number of aliphatic hydroxyl groups is 1. The number of hydrogen-bond acceptors (Lipinski definition) is 3. The lowest BCUT2D eigenvalue weighted by Crippen LogP contribution is -2.34. The fraction of sp³-hybridized carbons (Fsp3) is 0.625. The maximum Gasteiger partial charge on any atom is 0.119 e. The molecule has 1 aromatic carbocycles. The van der Waals surface area contributed by atoms with Gasteiger partial charge < -0.3 is 15.2 Å². The lowest BCUT2D eigenvalue weighted by molar-refractivity contribution is 0.105. The van der Waals surface area contributed by atoms with Crippen LogP contribution in [0.25, 0.3) is 0 Å². The van der Waals surface area contributed by atoms with Gasteiger partial charge in [0.15, 0.2) is 0 Å². The maximum absolute atomic E-state index is 9.88. The van der Waals surface area contributed by atoms with Crippen LogP contribution in [0.15, 0.2) is 24.3 Å². The third-order valence-corrected chi connectivity index (χ3v) is 4.05. The fourth-order valence-corrected chi connectivity index (χ4v) is 2.75. The maximum atomic E-state index is 9.88. The van der Waals surface area contributed by atoms with E-state index < -0.39 is 6.10 Å². The lowest BCUT2D eigenvalue weighted by atomic mass is 9.89. The van der Waals surface area contributed by atoms with Crippen LogP contribution in [0.2, 0.25) is 5.02 Å². The van der Waals surface area contributed by atoms with Crippen LogP contribution in [-0.4, -0.2) is 30.9 Å². The average molecular weight is 298 g/mol. The lowest BCUT2D eigenvalue weighted by Gasteiger charge is -2.22. The summed E-state index contributed by atoms with van der Waals surface area (Å²) < 4.78 is 5.52. The first-order chi connectivity index (χ1) is 9.74. The molecule has 0 aliphatic heterocycles. The highest BCUT2D eigenvalue weighted by molar-refractivity contribution is 6.30. The molecule has 0 bridgehead atoms. The molecule has 2 N–H and O–H groups in total. The number of halogens is 1. The predicted octanol–water partition coefficient (Wildman–Crippen LogP) is 3.25. The predicted molar refractivity (Wildman–Crippen MR) is 82.4 cm³/mol. The molecular weight excluding hydrogens is 274 g/mol. The molecule has 1 aromatic rings. The quantitative estimate of drug-likeness (QED) is 0.812. The second kappa shape index (κ2) is 8.50. The normalized spacial score (nSPS) is 17.9. The van der Waals surface area contributed by atoms with Crippen LogP contribution < -0.4 is 10.1 Å². The van der Waals surface area contributed by atoms with Crippen LogP contribution >= 0.6 is 11.6 Å². The van der Waals surface area contributed by atoms with Gasteiger partial charge in [0.2, 0.25) is 0 Å². The Labute approximate surface area is 126 Å². The molecule has 0 spiro atoms. The molecule has 0 radical (unpaired) electrons. The molecule has 1 aliphatic rings. The Kier molecular flexibility index (Phi) is 6.64. The zero-order valence-electron chi connectivity index (χ0n) is 11.9. The first kappa shape index (κ1) is 15.6. The zero-order valence-corrected chi connectivity index (χ0v) is 12.6. The van der Waals surface area contributed by atoms with Gasteiger partial charge in [-0.15, -0.1) is 0 Å². The Morgan fingerprint density at radius 3 is 2.60 bits per heavy atom. The van der Waals surface area contributed by atoms with E-state index in [2.05, 4.69) is 5.32 Å². The van der Waals surface area contributed by atoms with Crippen molar-refractivity contribution in [2.75, 3.05) is 19.7 Å². The molecule has 4 heteroatoms. The van der Waals surface area contributed by atoms with Gasteiger partial charge in [0.25, 0.3) is 0 Å². The number of ether oxygens (including phenoxy) is 1. The third-order valence-electron chi connectivity index (χ3n) is 3.79. The summed E-state index contributed by atoms with van der Waals surface area (Å²) >= 11 is 5.80. The molecule has 0 amide bonds. The second-order valence-electron chi connectivity index (χ2n) is 5.58. The van der Waals surface area contributed by atoms with Gasteiger partial charge in [0.05, 0.1) is 0 Å². The molecule has 0 aromatic heterocycles. The molecule has 1 fully saturated rings. The molecule has 1 aliphatic carbocycles. The van der Waals surface area contributed by atoms with Gasteiger partial charge >= 0.3 is 0 Å². The monoisotopic (exact) mass is 297 g/mol. The first-order valence-corrected chi connectivity index (χ1v) is 7.89. The average Bonchev–Trinajstić information content (AvgIpc) is 2.48. The van der Waals surface area contributed by atoms with E-state index in [-0.39, 0.29) is 0 Å². The van der Waals surface area contributed by atoms with E-state index in [4.69, 9.17) is 16.3 Å². The van der Waals surface area contributed by atoms with E-state index >= 15 is 0 Å². The third kappa shape index (κ3) is 5.70. The molecule has 20 heavy (non-hydrogen) atoms. The van der Waals surface area contributed by atoms with Gasteiger partial charge in [-0.25, -0.2) is 0 Å². The van der Waals surface area contributed by atoms with E-state index in [0.717, 1.165) is 18.2 Å². The molecule has 112 valence electrons. The molecule has 1 saturated carbocycles. The summed E-state index contributed by atoms with van der Waals surface area (Å²) in [7, 11) is 0. The number of nitrogens with one attached hydrogen (secondary N) is 1. The van der Waals surface area contributed by atoms with Crippen LogP contribution in [0.4, 0.5) is 0 Å². The van der Waals surface area contributed by atoms with Crippen molar-refractivity contribution in [3.05, 3.63) is 29.3 Å². The van der Waals surface area contributed by atoms with Crippen molar-refractivity contribution in [1.82, 2.24) is 5.32 Å². The zero-order chi connectivity index (χ0) is 14.2.